The largest absolute Gasteiger partial charge is 0.478 e. The summed E-state index contributed by atoms with van der Waals surface area (Å²) in [6.45, 7) is 7.13. The van der Waals surface area contributed by atoms with Crippen molar-refractivity contribution in [1.29, 1.82) is 0 Å². The van der Waals surface area contributed by atoms with Crippen LogP contribution in [0.2, 0.25) is 0 Å². The Labute approximate surface area is 119 Å². The van der Waals surface area contributed by atoms with Gasteiger partial charge in [0.2, 0.25) is 0 Å². The lowest BCUT2D eigenvalue weighted by atomic mass is 9.96. The Morgan fingerprint density at radius 1 is 1.10 bits per heavy atom. The second-order valence-corrected chi connectivity index (χ2v) is 5.37. The summed E-state index contributed by atoms with van der Waals surface area (Å²) in [5.41, 5.74) is 0.0541. The maximum absolute atomic E-state index is 11.3. The zero-order valence-electron chi connectivity index (χ0n) is 12.1. The molecule has 1 fully saturated rings. The van der Waals surface area contributed by atoms with Gasteiger partial charge in [0, 0.05) is 30.8 Å². The average molecular weight is 285 g/mol. The minimum Gasteiger partial charge on any atom is -0.478 e. The van der Waals surface area contributed by atoms with E-state index in [4.69, 9.17) is 4.74 Å². The number of carbonyl (C=O) groups is 2. The minimum atomic E-state index is -1.13. The van der Waals surface area contributed by atoms with Gasteiger partial charge in [-0.3, -0.25) is 4.90 Å². The van der Waals surface area contributed by atoms with Gasteiger partial charge in [-0.25, -0.2) is 9.59 Å². The SMILES string of the molecule is CC(C)C/C(C(=O)O)=C(/CCN1CCOCC1)C(=O)O. The number of rotatable bonds is 7. The van der Waals surface area contributed by atoms with Gasteiger partial charge in [0.1, 0.15) is 0 Å². The Kier molecular flexibility index (Phi) is 6.67. The van der Waals surface area contributed by atoms with Gasteiger partial charge in [-0.05, 0) is 18.8 Å². The summed E-state index contributed by atoms with van der Waals surface area (Å²) in [4.78, 5) is 24.7. The van der Waals surface area contributed by atoms with Crippen LogP contribution in [0.15, 0.2) is 11.1 Å². The van der Waals surface area contributed by atoms with Crippen LogP contribution in [0.4, 0.5) is 0 Å². The summed E-state index contributed by atoms with van der Waals surface area (Å²) in [5, 5.41) is 18.5. The highest BCUT2D eigenvalue weighted by atomic mass is 16.5. The van der Waals surface area contributed by atoms with Crippen molar-refractivity contribution < 1.29 is 24.5 Å². The number of carboxylic acid groups (broad SMARTS) is 2. The van der Waals surface area contributed by atoms with Gasteiger partial charge < -0.3 is 14.9 Å². The maximum atomic E-state index is 11.3. The van der Waals surface area contributed by atoms with E-state index in [1.165, 1.54) is 0 Å². The summed E-state index contributed by atoms with van der Waals surface area (Å²) in [6.07, 6.45) is 0.532. The smallest absolute Gasteiger partial charge is 0.332 e. The first kappa shape index (κ1) is 16.7. The molecule has 6 heteroatoms. The van der Waals surface area contributed by atoms with Gasteiger partial charge in [0.25, 0.3) is 0 Å². The fourth-order valence-electron chi connectivity index (χ4n) is 2.23. The first-order valence-electron chi connectivity index (χ1n) is 6.90. The summed E-state index contributed by atoms with van der Waals surface area (Å²) in [7, 11) is 0. The zero-order valence-corrected chi connectivity index (χ0v) is 12.1. The Hall–Kier alpha value is -1.40. The monoisotopic (exact) mass is 285 g/mol. The molecule has 0 saturated carbocycles. The number of nitrogens with zero attached hydrogens (tertiary/aromatic N) is 1. The number of hydrogen-bond donors (Lipinski definition) is 2. The Morgan fingerprint density at radius 3 is 2.10 bits per heavy atom. The average Bonchev–Trinajstić information content (AvgIpc) is 2.38. The highest BCUT2D eigenvalue weighted by molar-refractivity contribution is 5.98. The molecule has 6 nitrogen and oxygen atoms in total. The molecule has 1 rings (SSSR count). The summed E-state index contributed by atoms with van der Waals surface area (Å²) in [5.74, 6) is -2.15. The van der Waals surface area contributed by atoms with Crippen molar-refractivity contribution in [2.45, 2.75) is 26.7 Å². The number of ether oxygens (including phenoxy) is 1. The number of aliphatic carboxylic acids is 2. The van der Waals surface area contributed by atoms with Crippen LogP contribution in [-0.2, 0) is 14.3 Å². The van der Waals surface area contributed by atoms with Gasteiger partial charge >= 0.3 is 11.9 Å². The minimum absolute atomic E-state index is 0.0256. The molecule has 1 saturated heterocycles. The van der Waals surface area contributed by atoms with E-state index in [9.17, 15) is 19.8 Å². The van der Waals surface area contributed by atoms with Crippen LogP contribution in [0, 0.1) is 5.92 Å². The van der Waals surface area contributed by atoms with E-state index < -0.39 is 11.9 Å². The van der Waals surface area contributed by atoms with Crippen LogP contribution in [0.1, 0.15) is 26.7 Å². The number of morpholine rings is 1. The molecule has 0 atom stereocenters. The van der Waals surface area contributed by atoms with E-state index >= 15 is 0 Å². The Bertz CT molecular complexity index is 383. The summed E-state index contributed by atoms with van der Waals surface area (Å²) >= 11 is 0. The molecule has 2 N–H and O–H groups in total. The standard InChI is InChI=1S/C14H23NO5/c1-10(2)9-12(14(18)19)11(13(16)17)3-4-15-5-7-20-8-6-15/h10H,3-9H2,1-2H3,(H,16,17)(H,18,19)/b12-11+. The van der Waals surface area contributed by atoms with E-state index in [0.29, 0.717) is 19.8 Å². The van der Waals surface area contributed by atoms with Crippen molar-refractivity contribution in [1.82, 2.24) is 4.90 Å². The lowest BCUT2D eigenvalue weighted by Gasteiger charge is -2.26. The normalized spacial score (nSPS) is 17.9. The van der Waals surface area contributed by atoms with Gasteiger partial charge in [-0.15, -0.1) is 0 Å². The van der Waals surface area contributed by atoms with Crippen LogP contribution < -0.4 is 0 Å². The van der Waals surface area contributed by atoms with Crippen molar-refractivity contribution in [3.63, 3.8) is 0 Å². The molecule has 0 bridgehead atoms. The van der Waals surface area contributed by atoms with Crippen LogP contribution in [0.25, 0.3) is 0 Å². The predicted molar refractivity (Wildman–Crippen MR) is 73.6 cm³/mol. The maximum Gasteiger partial charge on any atom is 0.332 e. The van der Waals surface area contributed by atoms with Crippen LogP contribution >= 0.6 is 0 Å². The second kappa shape index (κ2) is 8.01. The molecule has 0 aromatic carbocycles. The van der Waals surface area contributed by atoms with Crippen LogP contribution in [-0.4, -0.2) is 59.9 Å². The number of hydrogen-bond acceptors (Lipinski definition) is 4. The van der Waals surface area contributed by atoms with Crippen molar-refractivity contribution >= 4 is 11.9 Å². The van der Waals surface area contributed by atoms with Gasteiger partial charge in [-0.2, -0.15) is 0 Å². The lowest BCUT2D eigenvalue weighted by molar-refractivity contribution is -0.136. The lowest BCUT2D eigenvalue weighted by Crippen LogP contribution is -2.37. The molecule has 20 heavy (non-hydrogen) atoms. The molecular formula is C14H23NO5. The first-order chi connectivity index (χ1) is 9.41. The van der Waals surface area contributed by atoms with Gasteiger partial charge in [-0.1, -0.05) is 13.8 Å². The molecule has 0 aromatic rings. The molecule has 0 amide bonds. The van der Waals surface area contributed by atoms with E-state index in [1.54, 1.807) is 0 Å². The Balaban J connectivity index is 2.78. The zero-order chi connectivity index (χ0) is 15.1. The third kappa shape index (κ3) is 5.30. The van der Waals surface area contributed by atoms with E-state index in [1.807, 2.05) is 13.8 Å². The van der Waals surface area contributed by atoms with Crippen LogP contribution in [0.5, 0.6) is 0 Å². The summed E-state index contributed by atoms with van der Waals surface area (Å²) < 4.78 is 5.23. The molecule has 1 aliphatic rings. The van der Waals surface area contributed by atoms with Gasteiger partial charge in [0.05, 0.1) is 13.2 Å². The highest BCUT2D eigenvalue weighted by Gasteiger charge is 2.22. The fourth-order valence-corrected chi connectivity index (χ4v) is 2.23. The molecule has 114 valence electrons. The predicted octanol–water partition coefficient (Wildman–Crippen LogP) is 1.22. The van der Waals surface area contributed by atoms with Crippen molar-refractivity contribution in [3.05, 3.63) is 11.1 Å². The molecule has 0 aromatic heterocycles. The van der Waals surface area contributed by atoms with E-state index in [0.717, 1.165) is 13.1 Å². The highest BCUT2D eigenvalue weighted by Crippen LogP contribution is 2.19. The fraction of sp³-hybridized carbons (Fsp3) is 0.714. The molecule has 1 heterocycles. The molecule has 0 aliphatic carbocycles. The third-order valence-electron chi connectivity index (χ3n) is 3.27. The van der Waals surface area contributed by atoms with E-state index in [2.05, 4.69) is 4.90 Å². The molecule has 0 spiro atoms. The Morgan fingerprint density at radius 2 is 1.65 bits per heavy atom. The van der Waals surface area contributed by atoms with E-state index in [-0.39, 0.29) is 29.9 Å². The topological polar surface area (TPSA) is 87.1 Å². The van der Waals surface area contributed by atoms with Crippen molar-refractivity contribution in [2.24, 2.45) is 5.92 Å². The van der Waals surface area contributed by atoms with Gasteiger partial charge in [0.15, 0.2) is 0 Å². The molecular weight excluding hydrogens is 262 g/mol. The second-order valence-electron chi connectivity index (χ2n) is 5.37. The number of carboxylic acids is 2. The van der Waals surface area contributed by atoms with Crippen LogP contribution in [0.3, 0.4) is 0 Å². The third-order valence-corrected chi connectivity index (χ3v) is 3.27. The first-order valence-corrected chi connectivity index (χ1v) is 6.90. The quantitative estimate of drug-likeness (QED) is 0.684. The summed E-state index contributed by atoms with van der Waals surface area (Å²) in [6, 6.07) is 0. The van der Waals surface area contributed by atoms with Crippen molar-refractivity contribution in [3.8, 4) is 0 Å². The molecule has 0 unspecified atom stereocenters. The molecule has 0 radical (unpaired) electrons. The molecule has 1 aliphatic heterocycles. The van der Waals surface area contributed by atoms with Crippen molar-refractivity contribution in [2.75, 3.05) is 32.8 Å².